The minimum Gasteiger partial charge on any atom is -0.489 e. The van der Waals surface area contributed by atoms with E-state index in [1.54, 1.807) is 31.2 Å². The number of aromatic nitrogens is 6. The Balaban J connectivity index is 1.58. The van der Waals surface area contributed by atoms with Crippen molar-refractivity contribution >= 4 is 0 Å². The molecule has 0 amide bonds. The molecular weight excluding hydrogens is 425 g/mol. The molecule has 0 aliphatic rings. The smallest absolute Gasteiger partial charge is 0.435 e. The van der Waals surface area contributed by atoms with Gasteiger partial charge in [0.15, 0.2) is 5.69 Å². The Hall–Kier alpha value is -3.89. The molecule has 166 valence electrons. The Morgan fingerprint density at radius 2 is 1.81 bits per heavy atom. The van der Waals surface area contributed by atoms with E-state index in [9.17, 15) is 18.0 Å². The van der Waals surface area contributed by atoms with Crippen LogP contribution in [0.5, 0.6) is 5.75 Å². The van der Waals surface area contributed by atoms with Crippen LogP contribution in [0.25, 0.3) is 11.4 Å². The number of tetrazole rings is 1. The Kier molecular flexibility index (Phi) is 5.33. The number of rotatable bonds is 5. The fourth-order valence-electron chi connectivity index (χ4n) is 3.24. The topological polar surface area (TPSA) is 79.8 Å². The summed E-state index contributed by atoms with van der Waals surface area (Å²) in [6.45, 7) is 3.85. The highest BCUT2D eigenvalue weighted by atomic mass is 19.4. The maximum Gasteiger partial charge on any atom is 0.435 e. The van der Waals surface area contributed by atoms with E-state index in [1.165, 1.54) is 22.6 Å². The molecule has 0 aliphatic carbocycles. The molecule has 2 aromatic carbocycles. The second kappa shape index (κ2) is 7.98. The van der Waals surface area contributed by atoms with Crippen molar-refractivity contribution < 1.29 is 17.9 Å². The minimum atomic E-state index is -4.50. The predicted molar refractivity (Wildman–Crippen MR) is 109 cm³/mol. The van der Waals surface area contributed by atoms with Gasteiger partial charge in [-0.1, -0.05) is 12.1 Å². The second-order valence-electron chi connectivity index (χ2n) is 7.25. The van der Waals surface area contributed by atoms with Crippen molar-refractivity contribution in [1.82, 2.24) is 29.6 Å². The molecule has 0 radical (unpaired) electrons. The number of ether oxygens (including phenoxy) is 1. The third-order valence-electron chi connectivity index (χ3n) is 5.01. The van der Waals surface area contributed by atoms with Gasteiger partial charge >= 0.3 is 11.9 Å². The number of hydrogen-bond donors (Lipinski definition) is 0. The van der Waals surface area contributed by atoms with Crippen molar-refractivity contribution in [2.75, 3.05) is 0 Å². The highest BCUT2D eigenvalue weighted by molar-refractivity contribution is 5.46. The van der Waals surface area contributed by atoms with E-state index in [1.807, 2.05) is 19.1 Å². The lowest BCUT2D eigenvalue weighted by molar-refractivity contribution is -0.141. The first-order valence-corrected chi connectivity index (χ1v) is 9.59. The van der Waals surface area contributed by atoms with Crippen LogP contribution in [0, 0.1) is 13.8 Å². The van der Waals surface area contributed by atoms with E-state index >= 15 is 0 Å². The average molecular weight is 444 g/mol. The van der Waals surface area contributed by atoms with Crippen molar-refractivity contribution in [2.24, 2.45) is 7.05 Å². The van der Waals surface area contributed by atoms with Crippen molar-refractivity contribution in [3.8, 4) is 17.1 Å². The summed E-state index contributed by atoms with van der Waals surface area (Å²) < 4.78 is 47.9. The van der Waals surface area contributed by atoms with Crippen LogP contribution in [-0.2, 0) is 19.8 Å². The Morgan fingerprint density at radius 1 is 1.03 bits per heavy atom. The standard InChI is InChI=1S/C21H19F3N6O2/c1-13-5-4-6-17(30-20(31)28(3)26-27-30)16(13)12-32-18-8-7-15(11-14(18)2)29-10-9-19(25-29)21(22,23)24/h4-11H,12H2,1-3H3. The minimum absolute atomic E-state index is 0.158. The van der Waals surface area contributed by atoms with Gasteiger partial charge in [0.2, 0.25) is 0 Å². The van der Waals surface area contributed by atoms with Crippen LogP contribution in [0.1, 0.15) is 22.4 Å². The summed E-state index contributed by atoms with van der Waals surface area (Å²) in [5, 5.41) is 11.2. The quantitative estimate of drug-likeness (QED) is 0.472. The highest BCUT2D eigenvalue weighted by Gasteiger charge is 2.33. The fraction of sp³-hybridized carbons (Fsp3) is 0.238. The second-order valence-corrected chi connectivity index (χ2v) is 7.25. The summed E-state index contributed by atoms with van der Waals surface area (Å²) in [5.74, 6) is 0.553. The van der Waals surface area contributed by atoms with Gasteiger partial charge in [-0.15, -0.1) is 0 Å². The zero-order chi connectivity index (χ0) is 23.0. The number of alkyl halides is 3. The third-order valence-corrected chi connectivity index (χ3v) is 5.01. The van der Waals surface area contributed by atoms with Gasteiger partial charge < -0.3 is 4.74 Å². The summed E-state index contributed by atoms with van der Waals surface area (Å²) in [6, 6.07) is 11.4. The average Bonchev–Trinajstić information content (AvgIpc) is 3.36. The molecule has 11 heteroatoms. The van der Waals surface area contributed by atoms with E-state index in [-0.39, 0.29) is 12.3 Å². The van der Waals surface area contributed by atoms with Crippen LogP contribution in [-0.4, -0.2) is 29.6 Å². The van der Waals surface area contributed by atoms with Gasteiger partial charge in [0.25, 0.3) is 0 Å². The van der Waals surface area contributed by atoms with E-state index < -0.39 is 11.9 Å². The first-order valence-electron chi connectivity index (χ1n) is 9.59. The Bertz CT molecular complexity index is 1340. The maximum absolute atomic E-state index is 12.8. The number of aryl methyl sites for hydroxylation is 3. The molecule has 0 atom stereocenters. The van der Waals surface area contributed by atoms with Crippen LogP contribution in [0.2, 0.25) is 0 Å². The Labute approximate surface area is 180 Å². The molecule has 2 heterocycles. The first-order chi connectivity index (χ1) is 15.1. The number of nitrogens with zero attached hydrogens (tertiary/aromatic N) is 6. The van der Waals surface area contributed by atoms with Crippen molar-refractivity contribution in [2.45, 2.75) is 26.6 Å². The van der Waals surface area contributed by atoms with E-state index in [0.29, 0.717) is 17.1 Å². The number of benzene rings is 2. The molecule has 2 aromatic heterocycles. The molecule has 0 unspecified atom stereocenters. The molecule has 0 bridgehead atoms. The summed E-state index contributed by atoms with van der Waals surface area (Å²) >= 11 is 0. The van der Waals surface area contributed by atoms with Crippen molar-refractivity contribution in [1.29, 1.82) is 0 Å². The summed E-state index contributed by atoms with van der Waals surface area (Å²) in [7, 11) is 1.51. The van der Waals surface area contributed by atoms with Gasteiger partial charge in [0.1, 0.15) is 12.4 Å². The predicted octanol–water partition coefficient (Wildman–Crippen LogP) is 3.37. The van der Waals surface area contributed by atoms with Crippen LogP contribution < -0.4 is 10.4 Å². The van der Waals surface area contributed by atoms with Gasteiger partial charge in [0, 0.05) is 18.8 Å². The summed E-state index contributed by atoms with van der Waals surface area (Å²) in [4.78, 5) is 12.3. The van der Waals surface area contributed by atoms with Gasteiger partial charge in [-0.05, 0) is 65.7 Å². The fourth-order valence-corrected chi connectivity index (χ4v) is 3.24. The molecule has 8 nitrogen and oxygen atoms in total. The van der Waals surface area contributed by atoms with Crippen LogP contribution >= 0.6 is 0 Å². The molecular formula is C21H19F3N6O2. The molecule has 4 aromatic rings. The lowest BCUT2D eigenvalue weighted by Gasteiger charge is -2.15. The van der Waals surface area contributed by atoms with E-state index in [0.717, 1.165) is 27.4 Å². The van der Waals surface area contributed by atoms with Gasteiger partial charge in [-0.25, -0.2) is 9.48 Å². The molecule has 0 N–H and O–H groups in total. The molecule has 4 rings (SSSR count). The van der Waals surface area contributed by atoms with E-state index in [4.69, 9.17) is 4.74 Å². The van der Waals surface area contributed by atoms with Gasteiger partial charge in [-0.2, -0.15) is 27.6 Å². The van der Waals surface area contributed by atoms with Gasteiger partial charge in [0.05, 0.1) is 11.4 Å². The van der Waals surface area contributed by atoms with Crippen LogP contribution in [0.3, 0.4) is 0 Å². The first kappa shape index (κ1) is 21.3. The summed E-state index contributed by atoms with van der Waals surface area (Å²) in [6.07, 6.45) is -3.24. The zero-order valence-corrected chi connectivity index (χ0v) is 17.5. The monoisotopic (exact) mass is 444 g/mol. The molecule has 0 saturated heterocycles. The highest BCUT2D eigenvalue weighted by Crippen LogP contribution is 2.29. The third kappa shape index (κ3) is 4.01. The lowest BCUT2D eigenvalue weighted by Crippen LogP contribution is -2.23. The van der Waals surface area contributed by atoms with Gasteiger partial charge in [-0.3, -0.25) is 0 Å². The molecule has 0 saturated carbocycles. The SMILES string of the molecule is Cc1cc(-n2ccc(C(F)(F)F)n2)ccc1OCc1c(C)cccc1-n1nnn(C)c1=O. The van der Waals surface area contributed by atoms with Crippen molar-refractivity contribution in [3.05, 3.63) is 81.5 Å². The maximum atomic E-state index is 12.8. The summed E-state index contributed by atoms with van der Waals surface area (Å²) in [5.41, 5.74) is 2.10. The lowest BCUT2D eigenvalue weighted by atomic mass is 10.1. The molecule has 32 heavy (non-hydrogen) atoms. The van der Waals surface area contributed by atoms with Crippen LogP contribution in [0.15, 0.2) is 53.5 Å². The number of halogens is 3. The van der Waals surface area contributed by atoms with Crippen molar-refractivity contribution in [3.63, 3.8) is 0 Å². The molecule has 0 aliphatic heterocycles. The molecule has 0 spiro atoms. The number of hydrogen-bond acceptors (Lipinski definition) is 5. The Morgan fingerprint density at radius 3 is 2.44 bits per heavy atom. The normalized spacial score (nSPS) is 11.7. The largest absolute Gasteiger partial charge is 0.489 e. The van der Waals surface area contributed by atoms with E-state index in [2.05, 4.69) is 15.5 Å². The zero-order valence-electron chi connectivity index (χ0n) is 17.5. The molecule has 0 fully saturated rings. The van der Waals surface area contributed by atoms with Crippen LogP contribution in [0.4, 0.5) is 13.2 Å².